The van der Waals surface area contributed by atoms with Gasteiger partial charge in [-0.15, -0.1) is 0 Å². The second-order valence-electron chi connectivity index (χ2n) is 12.5. The molecule has 0 atom stereocenters. The smallest absolute Gasteiger partial charge is 0.160 e. The van der Waals surface area contributed by atoms with Gasteiger partial charge in [-0.05, 0) is 62.7 Å². The van der Waals surface area contributed by atoms with Crippen molar-refractivity contribution < 1.29 is 4.42 Å². The van der Waals surface area contributed by atoms with Gasteiger partial charge in [-0.2, -0.15) is 0 Å². The largest absolute Gasteiger partial charge is 0.455 e. The molecule has 2 heterocycles. The molecule has 0 radical (unpaired) electrons. The molecule has 3 heteroatoms. The minimum absolute atomic E-state index is 0.709. The first-order chi connectivity index (χ1) is 24.3. The monoisotopic (exact) mass is 624 g/mol. The zero-order valence-electron chi connectivity index (χ0n) is 26.5. The number of hydrogen-bond acceptors (Lipinski definition) is 3. The van der Waals surface area contributed by atoms with E-state index in [1.807, 2.05) is 30.3 Å². The molecule has 0 amide bonds. The Balaban J connectivity index is 1.13. The molecular formula is C46H28N2O. The Morgan fingerprint density at radius 3 is 1.86 bits per heavy atom. The van der Waals surface area contributed by atoms with Crippen LogP contribution in [0.1, 0.15) is 0 Å². The van der Waals surface area contributed by atoms with Gasteiger partial charge in [0.05, 0.1) is 11.2 Å². The molecule has 0 N–H and O–H groups in total. The van der Waals surface area contributed by atoms with Crippen LogP contribution < -0.4 is 0 Å². The van der Waals surface area contributed by atoms with Gasteiger partial charge in [0.1, 0.15) is 11.2 Å². The van der Waals surface area contributed by atoms with E-state index in [4.69, 9.17) is 14.4 Å². The quantitative estimate of drug-likeness (QED) is 0.196. The van der Waals surface area contributed by atoms with Gasteiger partial charge in [0.25, 0.3) is 0 Å². The second kappa shape index (κ2) is 11.0. The van der Waals surface area contributed by atoms with Crippen LogP contribution in [-0.4, -0.2) is 9.97 Å². The van der Waals surface area contributed by atoms with Crippen LogP contribution in [0, 0.1) is 0 Å². The average molecular weight is 625 g/mol. The highest BCUT2D eigenvalue weighted by Gasteiger charge is 2.17. The summed E-state index contributed by atoms with van der Waals surface area (Å²) in [5.41, 5.74) is 10.3. The van der Waals surface area contributed by atoms with Gasteiger partial charge in [0.2, 0.25) is 0 Å². The Morgan fingerprint density at radius 1 is 0.367 bits per heavy atom. The lowest BCUT2D eigenvalue weighted by Gasteiger charge is -2.11. The molecule has 0 aliphatic rings. The van der Waals surface area contributed by atoms with Gasteiger partial charge >= 0.3 is 0 Å². The molecule has 0 aliphatic carbocycles. The fraction of sp³-hybridized carbons (Fsp3) is 0. The molecule has 0 unspecified atom stereocenters. The van der Waals surface area contributed by atoms with E-state index in [0.29, 0.717) is 5.82 Å². The topological polar surface area (TPSA) is 38.9 Å². The van der Waals surface area contributed by atoms with Crippen LogP contribution >= 0.6 is 0 Å². The Labute approximate surface area is 282 Å². The summed E-state index contributed by atoms with van der Waals surface area (Å²) in [5.74, 6) is 0.709. The molecule has 3 nitrogen and oxygen atoms in total. The Hall–Kier alpha value is -6.58. The van der Waals surface area contributed by atoms with Crippen LogP contribution in [0.25, 0.3) is 99.3 Å². The van der Waals surface area contributed by atoms with E-state index in [2.05, 4.69) is 140 Å². The Kier molecular flexibility index (Phi) is 6.18. The molecule has 0 saturated heterocycles. The normalized spacial score (nSPS) is 11.7. The van der Waals surface area contributed by atoms with Gasteiger partial charge in [-0.3, -0.25) is 0 Å². The van der Waals surface area contributed by atoms with Gasteiger partial charge in [-0.1, -0.05) is 146 Å². The zero-order chi connectivity index (χ0) is 32.3. The maximum absolute atomic E-state index is 6.72. The summed E-state index contributed by atoms with van der Waals surface area (Å²) in [6.07, 6.45) is 0. The average Bonchev–Trinajstić information content (AvgIpc) is 3.55. The molecular weight excluding hydrogens is 597 g/mol. The number of fused-ring (bicyclic) bond motifs is 7. The minimum atomic E-state index is 0.709. The first kappa shape index (κ1) is 27.5. The van der Waals surface area contributed by atoms with Gasteiger partial charge in [0, 0.05) is 32.7 Å². The van der Waals surface area contributed by atoms with Crippen molar-refractivity contribution in [3.63, 3.8) is 0 Å². The van der Waals surface area contributed by atoms with E-state index >= 15 is 0 Å². The lowest BCUT2D eigenvalue weighted by molar-refractivity contribution is 0.673. The predicted octanol–water partition coefficient (Wildman–Crippen LogP) is 12.5. The third kappa shape index (κ3) is 4.51. The SMILES string of the molecule is c1ccc(-c2nc(-c3ccc4c(c3)oc3c5ccccc5c(-c5ccc(-c6cccc7ccccc67)cc5)cc43)c3ccccc3n2)cc1. The molecule has 0 aliphatic heterocycles. The molecule has 228 valence electrons. The lowest BCUT2D eigenvalue weighted by Crippen LogP contribution is -1.94. The van der Waals surface area contributed by atoms with E-state index in [9.17, 15) is 0 Å². The molecule has 10 aromatic rings. The number of rotatable bonds is 4. The van der Waals surface area contributed by atoms with E-state index in [0.717, 1.165) is 55.0 Å². The summed E-state index contributed by atoms with van der Waals surface area (Å²) in [4.78, 5) is 10.0. The van der Waals surface area contributed by atoms with Gasteiger partial charge in [-0.25, -0.2) is 9.97 Å². The van der Waals surface area contributed by atoms with Crippen LogP contribution in [0.3, 0.4) is 0 Å². The molecule has 0 spiro atoms. The molecule has 0 bridgehead atoms. The summed E-state index contributed by atoms with van der Waals surface area (Å²) >= 11 is 0. The second-order valence-corrected chi connectivity index (χ2v) is 12.5. The number of benzene rings is 8. The molecule has 8 aromatic carbocycles. The first-order valence-electron chi connectivity index (χ1n) is 16.6. The lowest BCUT2D eigenvalue weighted by atomic mass is 9.93. The summed E-state index contributed by atoms with van der Waals surface area (Å²) in [6.45, 7) is 0. The molecule has 0 fully saturated rings. The van der Waals surface area contributed by atoms with Crippen molar-refractivity contribution in [1.82, 2.24) is 9.97 Å². The van der Waals surface area contributed by atoms with Crippen LogP contribution in [0.2, 0.25) is 0 Å². The minimum Gasteiger partial charge on any atom is -0.455 e. The van der Waals surface area contributed by atoms with Crippen molar-refractivity contribution >= 4 is 54.4 Å². The van der Waals surface area contributed by atoms with Crippen molar-refractivity contribution in [3.05, 3.63) is 170 Å². The Bertz CT molecular complexity index is 2860. The summed E-state index contributed by atoms with van der Waals surface area (Å²) < 4.78 is 6.72. The third-order valence-corrected chi connectivity index (χ3v) is 9.68. The highest BCUT2D eigenvalue weighted by Crippen LogP contribution is 2.42. The van der Waals surface area contributed by atoms with Crippen LogP contribution in [-0.2, 0) is 0 Å². The van der Waals surface area contributed by atoms with Gasteiger partial charge < -0.3 is 4.42 Å². The van der Waals surface area contributed by atoms with Crippen molar-refractivity contribution in [2.24, 2.45) is 0 Å². The van der Waals surface area contributed by atoms with E-state index in [1.54, 1.807) is 0 Å². The summed E-state index contributed by atoms with van der Waals surface area (Å²) in [6, 6.07) is 59.7. The Morgan fingerprint density at radius 2 is 1.02 bits per heavy atom. The standard InChI is InChI=1S/C46H28N2O/c1-2-12-32(13-3-1)46-47-42-20-9-8-18-39(42)44(48-46)33-25-26-37-41-28-40(36-16-6-7-17-38(36)45(41)49-43(37)27-33)31-23-21-30(22-24-31)35-19-10-14-29-11-4-5-15-34(29)35/h1-28H. The fourth-order valence-electron chi connectivity index (χ4n) is 7.30. The maximum atomic E-state index is 6.72. The predicted molar refractivity (Wildman–Crippen MR) is 204 cm³/mol. The number of para-hydroxylation sites is 1. The number of nitrogens with zero attached hydrogens (tertiary/aromatic N) is 2. The fourth-order valence-corrected chi connectivity index (χ4v) is 7.30. The van der Waals surface area contributed by atoms with Crippen molar-refractivity contribution in [2.45, 2.75) is 0 Å². The number of aromatic nitrogens is 2. The summed E-state index contributed by atoms with van der Waals surface area (Å²) in [5, 5.41) is 7.98. The molecule has 2 aromatic heterocycles. The summed E-state index contributed by atoms with van der Waals surface area (Å²) in [7, 11) is 0. The molecule has 10 rings (SSSR count). The van der Waals surface area contributed by atoms with E-state index in [-0.39, 0.29) is 0 Å². The van der Waals surface area contributed by atoms with Crippen molar-refractivity contribution in [1.29, 1.82) is 0 Å². The highest BCUT2D eigenvalue weighted by atomic mass is 16.3. The highest BCUT2D eigenvalue weighted by molar-refractivity contribution is 6.19. The maximum Gasteiger partial charge on any atom is 0.160 e. The number of furan rings is 1. The third-order valence-electron chi connectivity index (χ3n) is 9.68. The van der Waals surface area contributed by atoms with Crippen molar-refractivity contribution in [2.75, 3.05) is 0 Å². The van der Waals surface area contributed by atoms with Gasteiger partial charge in [0.15, 0.2) is 5.82 Å². The molecule has 0 saturated carbocycles. The van der Waals surface area contributed by atoms with Crippen LogP contribution in [0.15, 0.2) is 174 Å². The molecule has 49 heavy (non-hydrogen) atoms. The first-order valence-corrected chi connectivity index (χ1v) is 16.6. The van der Waals surface area contributed by atoms with E-state index in [1.165, 1.54) is 38.4 Å². The zero-order valence-corrected chi connectivity index (χ0v) is 26.5. The van der Waals surface area contributed by atoms with E-state index < -0.39 is 0 Å². The van der Waals surface area contributed by atoms with Crippen LogP contribution in [0.4, 0.5) is 0 Å². The van der Waals surface area contributed by atoms with Crippen LogP contribution in [0.5, 0.6) is 0 Å². The van der Waals surface area contributed by atoms with Crippen molar-refractivity contribution in [3.8, 4) is 44.9 Å². The number of hydrogen-bond donors (Lipinski definition) is 0.